The first kappa shape index (κ1) is 22.1. The molecule has 5 heterocycles. The minimum Gasteiger partial charge on any atom is -0.494 e. The predicted octanol–water partition coefficient (Wildman–Crippen LogP) is 2.48. The second-order valence-corrected chi connectivity index (χ2v) is 9.53. The number of rotatable bonds is 6. The zero-order chi connectivity index (χ0) is 23.9. The van der Waals surface area contributed by atoms with Crippen LogP contribution in [0.15, 0.2) is 35.5 Å². The van der Waals surface area contributed by atoms with Crippen molar-refractivity contribution in [2.45, 2.75) is 56.5 Å². The van der Waals surface area contributed by atoms with E-state index in [2.05, 4.69) is 25.9 Å². The normalized spacial score (nSPS) is 25.7. The monoisotopic (exact) mass is 479 g/mol. The molecule has 0 amide bonds. The van der Waals surface area contributed by atoms with Gasteiger partial charge in [0.15, 0.2) is 5.75 Å². The summed E-state index contributed by atoms with van der Waals surface area (Å²) in [6.07, 6.45) is 9.71. The highest BCUT2D eigenvalue weighted by Gasteiger charge is 2.38. The van der Waals surface area contributed by atoms with E-state index in [-0.39, 0.29) is 17.8 Å². The van der Waals surface area contributed by atoms with Gasteiger partial charge in [0.1, 0.15) is 17.4 Å². The van der Waals surface area contributed by atoms with E-state index in [1.54, 1.807) is 31.1 Å². The van der Waals surface area contributed by atoms with Crippen molar-refractivity contribution in [1.29, 1.82) is 0 Å². The van der Waals surface area contributed by atoms with Crippen LogP contribution in [-0.4, -0.2) is 64.1 Å². The molecule has 4 fully saturated rings. The minimum absolute atomic E-state index is 0.0264. The SMILES string of the molecule is COc1cnc(O[C@H]2CC[C@@H](Oc3cc(N4CC5CC(C4)O5)cc4ncc(=O)n(C)c34)CC2)nc1. The van der Waals surface area contributed by atoms with Gasteiger partial charge in [0.2, 0.25) is 0 Å². The maximum Gasteiger partial charge on any atom is 0.316 e. The summed E-state index contributed by atoms with van der Waals surface area (Å²) in [4.78, 5) is 27.5. The van der Waals surface area contributed by atoms with Crippen LogP contribution in [0.2, 0.25) is 0 Å². The molecule has 2 aromatic heterocycles. The predicted molar refractivity (Wildman–Crippen MR) is 128 cm³/mol. The van der Waals surface area contributed by atoms with Crippen LogP contribution >= 0.6 is 0 Å². The molecule has 1 aromatic carbocycles. The molecule has 2 atom stereocenters. The molecule has 3 aliphatic heterocycles. The molecule has 4 aliphatic rings. The largest absolute Gasteiger partial charge is 0.494 e. The van der Waals surface area contributed by atoms with Crippen LogP contribution in [0, 0.1) is 0 Å². The van der Waals surface area contributed by atoms with Gasteiger partial charge in [-0.2, -0.15) is 9.97 Å². The van der Waals surface area contributed by atoms with Crippen LogP contribution in [0.25, 0.3) is 11.0 Å². The first-order chi connectivity index (χ1) is 17.1. The van der Waals surface area contributed by atoms with E-state index < -0.39 is 0 Å². The number of nitrogens with zero attached hydrogens (tertiary/aromatic N) is 5. The third-order valence-corrected chi connectivity index (χ3v) is 7.17. The maximum atomic E-state index is 12.4. The van der Waals surface area contributed by atoms with E-state index in [0.29, 0.717) is 29.7 Å². The summed E-state index contributed by atoms with van der Waals surface area (Å²) in [6, 6.07) is 4.46. The van der Waals surface area contributed by atoms with Gasteiger partial charge < -0.3 is 28.4 Å². The lowest BCUT2D eigenvalue weighted by Crippen LogP contribution is -2.57. The van der Waals surface area contributed by atoms with Gasteiger partial charge in [0, 0.05) is 38.3 Å². The number of hydrogen-bond acceptors (Lipinski definition) is 9. The molecule has 1 aliphatic carbocycles. The van der Waals surface area contributed by atoms with E-state index in [4.69, 9.17) is 18.9 Å². The average molecular weight is 480 g/mol. The third-order valence-electron chi connectivity index (χ3n) is 7.17. The summed E-state index contributed by atoms with van der Waals surface area (Å²) < 4.78 is 25.0. The number of benzene rings is 1. The molecule has 2 unspecified atom stereocenters. The number of ether oxygens (including phenoxy) is 4. The van der Waals surface area contributed by atoms with Crippen LogP contribution in [0.4, 0.5) is 5.69 Å². The van der Waals surface area contributed by atoms with E-state index in [1.165, 1.54) is 6.20 Å². The number of methoxy groups -OCH3 is 1. The van der Waals surface area contributed by atoms with Crippen molar-refractivity contribution >= 4 is 16.7 Å². The lowest BCUT2D eigenvalue weighted by molar-refractivity contribution is -0.133. The highest BCUT2D eigenvalue weighted by molar-refractivity contribution is 5.86. The van der Waals surface area contributed by atoms with Gasteiger partial charge in [0.05, 0.1) is 49.5 Å². The number of fused-ring (bicyclic) bond motifs is 3. The first-order valence-corrected chi connectivity index (χ1v) is 12.2. The molecule has 0 radical (unpaired) electrons. The molecule has 0 N–H and O–H groups in total. The summed E-state index contributed by atoms with van der Waals surface area (Å²) >= 11 is 0. The van der Waals surface area contributed by atoms with Gasteiger partial charge in [-0.1, -0.05) is 0 Å². The first-order valence-electron chi connectivity index (χ1n) is 12.2. The molecule has 1 saturated carbocycles. The lowest BCUT2D eigenvalue weighted by atomic mass is 9.95. The van der Waals surface area contributed by atoms with E-state index in [1.807, 2.05) is 6.07 Å². The molecule has 35 heavy (non-hydrogen) atoms. The Morgan fingerprint density at radius 1 is 0.943 bits per heavy atom. The molecule has 3 saturated heterocycles. The Morgan fingerprint density at radius 3 is 2.26 bits per heavy atom. The van der Waals surface area contributed by atoms with Crippen molar-refractivity contribution in [3.8, 4) is 17.5 Å². The summed E-state index contributed by atoms with van der Waals surface area (Å²) in [5.41, 5.74) is 2.39. The van der Waals surface area contributed by atoms with Crippen LogP contribution in [-0.2, 0) is 11.8 Å². The van der Waals surface area contributed by atoms with E-state index in [9.17, 15) is 4.79 Å². The van der Waals surface area contributed by atoms with Crippen LogP contribution < -0.4 is 24.7 Å². The molecular formula is C25H29N5O5. The Kier molecular flexibility index (Phi) is 5.68. The van der Waals surface area contributed by atoms with Crippen LogP contribution in [0.5, 0.6) is 17.5 Å². The smallest absolute Gasteiger partial charge is 0.316 e. The fourth-order valence-electron chi connectivity index (χ4n) is 5.24. The fourth-order valence-corrected chi connectivity index (χ4v) is 5.24. The van der Waals surface area contributed by atoms with Crippen molar-refractivity contribution in [1.82, 2.24) is 19.5 Å². The molecule has 7 rings (SSSR count). The number of aromatic nitrogens is 4. The van der Waals surface area contributed by atoms with Crippen LogP contribution in [0.1, 0.15) is 32.1 Å². The van der Waals surface area contributed by atoms with Crippen molar-refractivity contribution in [2.75, 3.05) is 25.1 Å². The molecule has 2 bridgehead atoms. The van der Waals surface area contributed by atoms with E-state index in [0.717, 1.165) is 61.9 Å². The molecule has 10 heteroatoms. The molecular weight excluding hydrogens is 450 g/mol. The highest BCUT2D eigenvalue weighted by Crippen LogP contribution is 2.37. The van der Waals surface area contributed by atoms with Gasteiger partial charge >= 0.3 is 6.01 Å². The van der Waals surface area contributed by atoms with Gasteiger partial charge in [-0.05, 0) is 31.7 Å². The minimum atomic E-state index is -0.153. The van der Waals surface area contributed by atoms with Gasteiger partial charge in [0.25, 0.3) is 5.56 Å². The number of piperidine rings is 1. The Hall–Kier alpha value is -3.40. The summed E-state index contributed by atoms with van der Waals surface area (Å²) in [7, 11) is 3.35. The Morgan fingerprint density at radius 2 is 1.60 bits per heavy atom. The Labute approximate surface area is 202 Å². The second kappa shape index (κ2) is 8.99. The topological polar surface area (TPSA) is 101 Å². The van der Waals surface area contributed by atoms with Gasteiger partial charge in [-0.3, -0.25) is 4.79 Å². The van der Waals surface area contributed by atoms with Gasteiger partial charge in [-0.25, -0.2) is 4.98 Å². The van der Waals surface area contributed by atoms with Crippen molar-refractivity contribution in [2.24, 2.45) is 7.05 Å². The average Bonchev–Trinajstić information content (AvgIpc) is 2.87. The van der Waals surface area contributed by atoms with Crippen molar-refractivity contribution < 1.29 is 18.9 Å². The summed E-state index contributed by atoms with van der Waals surface area (Å²) in [5.74, 6) is 1.30. The third kappa shape index (κ3) is 4.38. The summed E-state index contributed by atoms with van der Waals surface area (Å²) in [5, 5.41) is 0. The number of aryl methyl sites for hydroxylation is 1. The summed E-state index contributed by atoms with van der Waals surface area (Å²) in [6.45, 7) is 1.73. The molecule has 184 valence electrons. The van der Waals surface area contributed by atoms with Crippen molar-refractivity contribution in [3.05, 3.63) is 41.1 Å². The fraction of sp³-hybridized carbons (Fsp3) is 0.520. The van der Waals surface area contributed by atoms with E-state index >= 15 is 0 Å². The number of anilines is 1. The highest BCUT2D eigenvalue weighted by atomic mass is 16.5. The molecule has 10 nitrogen and oxygen atoms in total. The Balaban J connectivity index is 1.19. The molecule has 0 spiro atoms. The Bertz CT molecular complexity index is 1260. The molecule has 3 aromatic rings. The second-order valence-electron chi connectivity index (χ2n) is 9.53. The zero-order valence-corrected chi connectivity index (χ0v) is 19.9. The quantitative estimate of drug-likeness (QED) is 0.528. The van der Waals surface area contributed by atoms with Crippen molar-refractivity contribution in [3.63, 3.8) is 0 Å². The maximum absolute atomic E-state index is 12.4. The number of hydrogen-bond donors (Lipinski definition) is 0. The zero-order valence-electron chi connectivity index (χ0n) is 19.9. The van der Waals surface area contributed by atoms with Crippen LogP contribution in [0.3, 0.4) is 0 Å². The number of morpholine rings is 1. The van der Waals surface area contributed by atoms with Gasteiger partial charge in [-0.15, -0.1) is 0 Å². The lowest BCUT2D eigenvalue weighted by Gasteiger charge is -2.48. The standard InChI is InChI=1S/C25H29N5O5/c1-29-23(31)12-26-21-7-15(30-13-18-9-19(14-30)33-18)8-22(24(21)29)34-16-3-5-17(6-4-16)35-25-27-10-20(32-2)11-28-25/h7-8,10-12,16-19H,3-6,9,13-14H2,1-2H3/t16-,17+,18?,19?.